The van der Waals surface area contributed by atoms with Gasteiger partial charge in [-0.1, -0.05) is 385 Å². The molecule has 83 heavy (non-hydrogen) atoms. The zero-order chi connectivity index (χ0) is 59.9. The predicted molar refractivity (Wildman–Crippen MR) is 366 cm³/mol. The Morgan fingerprint density at radius 1 is 0.325 bits per heavy atom. The summed E-state index contributed by atoms with van der Waals surface area (Å²) in [6.45, 7) is 4.93. The molecule has 1 amide bonds. The molecule has 0 fully saturated rings. The topological polar surface area (TPSA) is 95.9 Å². The van der Waals surface area contributed by atoms with Crippen molar-refractivity contribution in [3.8, 4) is 0 Å². The Morgan fingerprint density at radius 2 is 0.566 bits per heavy atom. The Kier molecular flexibility index (Phi) is 71.4. The number of esters is 1. The summed E-state index contributed by atoms with van der Waals surface area (Å²) in [4.78, 5) is 24.6. The number of hydrogen-bond acceptors (Lipinski definition) is 5. The third kappa shape index (κ3) is 69.3. The molecule has 492 valence electrons. The Balaban J connectivity index is 3.35. The van der Waals surface area contributed by atoms with Crippen molar-refractivity contribution in [3.63, 3.8) is 0 Å². The zero-order valence-electron chi connectivity index (χ0n) is 56.5. The molecule has 6 heteroatoms. The summed E-state index contributed by atoms with van der Waals surface area (Å²) < 4.78 is 5.49. The molecular weight excluding hydrogens is 1020 g/mol. The lowest BCUT2D eigenvalue weighted by Crippen LogP contribution is -2.45. The molecule has 6 nitrogen and oxygen atoms in total. The maximum Gasteiger partial charge on any atom is 0.305 e. The third-order valence-corrected chi connectivity index (χ3v) is 18.0. The Labute approximate surface area is 520 Å². The number of carbonyl (C=O) groups excluding carboxylic acids is 2. The van der Waals surface area contributed by atoms with Crippen LogP contribution in [0.5, 0.6) is 0 Å². The van der Waals surface area contributed by atoms with Crippen molar-refractivity contribution in [2.45, 2.75) is 443 Å². The highest BCUT2D eigenvalue weighted by atomic mass is 16.5. The second kappa shape index (κ2) is 72.8. The van der Waals surface area contributed by atoms with Crippen LogP contribution in [-0.4, -0.2) is 47.4 Å². The second-order valence-electron chi connectivity index (χ2n) is 26.3. The molecule has 0 aliphatic carbocycles. The second-order valence-corrected chi connectivity index (χ2v) is 26.3. The number of amides is 1. The molecule has 0 saturated carbocycles. The summed E-state index contributed by atoms with van der Waals surface area (Å²) in [6.07, 6.45) is 92.9. The van der Waals surface area contributed by atoms with Gasteiger partial charge < -0.3 is 20.3 Å². The summed E-state index contributed by atoms with van der Waals surface area (Å²) >= 11 is 0. The van der Waals surface area contributed by atoms with Gasteiger partial charge in [0.05, 0.1) is 25.4 Å². The van der Waals surface area contributed by atoms with Crippen molar-refractivity contribution in [2.75, 3.05) is 13.2 Å². The number of aliphatic hydroxyl groups excluding tert-OH is 2. The summed E-state index contributed by atoms with van der Waals surface area (Å²) in [5, 5.41) is 23.3. The lowest BCUT2D eigenvalue weighted by atomic mass is 10.0. The monoisotopic (exact) mass is 1170 g/mol. The molecule has 0 aliphatic heterocycles. The van der Waals surface area contributed by atoms with E-state index in [1.54, 1.807) is 6.08 Å². The van der Waals surface area contributed by atoms with Gasteiger partial charge in [0.15, 0.2) is 0 Å². The standard InChI is InChI=1S/C77H149NO5/c1-3-5-7-9-11-13-15-17-18-19-20-33-36-39-42-46-49-53-57-61-65-69-75(80)74(73-79)78-76(81)70-66-62-58-54-50-47-43-40-37-34-31-29-27-25-23-21-22-24-26-28-30-32-35-38-41-44-48-52-56-60-64-68-72-83-77(82)71-67-63-59-55-51-45-16-14-12-10-8-6-4-2/h14,16,65,69,74-75,79-80H,3-13,15,17-64,66-68,70-73H2,1-2H3,(H,78,81)/b16-14-,69-65+. The number of ether oxygens (including phenoxy) is 1. The number of rotatable bonds is 72. The van der Waals surface area contributed by atoms with Crippen LogP contribution < -0.4 is 5.32 Å². The van der Waals surface area contributed by atoms with Crippen LogP contribution >= 0.6 is 0 Å². The van der Waals surface area contributed by atoms with Gasteiger partial charge in [0.2, 0.25) is 5.91 Å². The highest BCUT2D eigenvalue weighted by molar-refractivity contribution is 5.76. The molecule has 0 rings (SSSR count). The van der Waals surface area contributed by atoms with E-state index in [4.69, 9.17) is 4.74 Å². The molecule has 0 aromatic rings. The van der Waals surface area contributed by atoms with E-state index < -0.39 is 12.1 Å². The quantitative estimate of drug-likeness (QED) is 0.0320. The van der Waals surface area contributed by atoms with Gasteiger partial charge in [0.1, 0.15) is 0 Å². The van der Waals surface area contributed by atoms with E-state index in [1.165, 1.54) is 360 Å². The average Bonchev–Trinajstić information content (AvgIpc) is 3.49. The van der Waals surface area contributed by atoms with Crippen LogP contribution in [-0.2, 0) is 14.3 Å². The van der Waals surface area contributed by atoms with E-state index in [9.17, 15) is 19.8 Å². The van der Waals surface area contributed by atoms with E-state index in [1.807, 2.05) is 6.08 Å². The molecule has 2 atom stereocenters. The lowest BCUT2D eigenvalue weighted by molar-refractivity contribution is -0.143. The van der Waals surface area contributed by atoms with E-state index in [0.717, 1.165) is 44.9 Å². The van der Waals surface area contributed by atoms with E-state index >= 15 is 0 Å². The van der Waals surface area contributed by atoms with Gasteiger partial charge in [-0.2, -0.15) is 0 Å². The first-order valence-electron chi connectivity index (χ1n) is 38.1. The minimum Gasteiger partial charge on any atom is -0.466 e. The fraction of sp³-hybridized carbons (Fsp3) is 0.922. The summed E-state index contributed by atoms with van der Waals surface area (Å²) in [7, 11) is 0. The first-order chi connectivity index (χ1) is 41.0. The largest absolute Gasteiger partial charge is 0.466 e. The van der Waals surface area contributed by atoms with Crippen molar-refractivity contribution in [1.29, 1.82) is 0 Å². The molecule has 0 bridgehead atoms. The molecule has 3 N–H and O–H groups in total. The van der Waals surface area contributed by atoms with Crippen LogP contribution in [0.2, 0.25) is 0 Å². The SMILES string of the molecule is CCCCCC/C=C\CCCCCCCC(=O)OCCCCCCCCCCCCCCCCCCCCCCCCCCCCCCCCCCC(=O)NC(CO)C(O)/C=C/CCCCCCCCCCCCCCCCCCCCC. The van der Waals surface area contributed by atoms with Crippen LogP contribution in [0.25, 0.3) is 0 Å². The minimum atomic E-state index is -0.842. The van der Waals surface area contributed by atoms with Gasteiger partial charge in [-0.15, -0.1) is 0 Å². The molecule has 0 aromatic heterocycles. The Hall–Kier alpha value is -1.66. The van der Waals surface area contributed by atoms with Gasteiger partial charge >= 0.3 is 5.97 Å². The maximum absolute atomic E-state index is 12.5. The van der Waals surface area contributed by atoms with Crippen LogP contribution in [0.3, 0.4) is 0 Å². The first-order valence-corrected chi connectivity index (χ1v) is 38.1. The Bertz CT molecular complexity index is 1300. The van der Waals surface area contributed by atoms with Crippen molar-refractivity contribution in [3.05, 3.63) is 24.3 Å². The molecule has 0 radical (unpaired) electrons. The minimum absolute atomic E-state index is 0.0124. The van der Waals surface area contributed by atoms with Gasteiger partial charge in [-0.25, -0.2) is 0 Å². The summed E-state index contributed by atoms with van der Waals surface area (Å²) in [5.41, 5.74) is 0. The van der Waals surface area contributed by atoms with Gasteiger partial charge in [0.25, 0.3) is 0 Å². The number of unbranched alkanes of at least 4 members (excludes halogenated alkanes) is 59. The van der Waals surface area contributed by atoms with E-state index in [-0.39, 0.29) is 18.5 Å². The lowest BCUT2D eigenvalue weighted by Gasteiger charge is -2.20. The van der Waals surface area contributed by atoms with Crippen LogP contribution in [0.1, 0.15) is 431 Å². The van der Waals surface area contributed by atoms with Crippen LogP contribution in [0, 0.1) is 0 Å². The fourth-order valence-electron chi connectivity index (χ4n) is 12.2. The number of allylic oxidation sites excluding steroid dienone is 3. The highest BCUT2D eigenvalue weighted by Gasteiger charge is 2.18. The van der Waals surface area contributed by atoms with Crippen LogP contribution in [0.4, 0.5) is 0 Å². The third-order valence-electron chi connectivity index (χ3n) is 18.0. The number of aliphatic hydroxyl groups is 2. The number of nitrogens with one attached hydrogen (secondary N) is 1. The smallest absolute Gasteiger partial charge is 0.305 e. The van der Waals surface area contributed by atoms with E-state index in [0.29, 0.717) is 19.4 Å². The van der Waals surface area contributed by atoms with E-state index in [2.05, 4.69) is 31.3 Å². The van der Waals surface area contributed by atoms with Gasteiger partial charge in [0, 0.05) is 12.8 Å². The molecule has 0 aliphatic rings. The molecule has 0 aromatic carbocycles. The van der Waals surface area contributed by atoms with Crippen LogP contribution in [0.15, 0.2) is 24.3 Å². The highest BCUT2D eigenvalue weighted by Crippen LogP contribution is 2.20. The zero-order valence-corrected chi connectivity index (χ0v) is 56.5. The summed E-state index contributed by atoms with van der Waals surface area (Å²) in [5.74, 6) is -0.0464. The molecule has 0 spiro atoms. The Morgan fingerprint density at radius 3 is 0.867 bits per heavy atom. The van der Waals surface area contributed by atoms with Gasteiger partial charge in [-0.3, -0.25) is 9.59 Å². The number of carbonyl (C=O) groups is 2. The van der Waals surface area contributed by atoms with Gasteiger partial charge in [-0.05, 0) is 57.8 Å². The molecule has 0 heterocycles. The molecule has 0 saturated heterocycles. The first kappa shape index (κ1) is 81.3. The average molecular weight is 1170 g/mol. The van der Waals surface area contributed by atoms with Crippen molar-refractivity contribution in [1.82, 2.24) is 5.32 Å². The maximum atomic E-state index is 12.5. The molecule has 2 unspecified atom stereocenters. The normalized spacial score (nSPS) is 12.6. The molecular formula is C77H149NO5. The van der Waals surface area contributed by atoms with Crippen molar-refractivity contribution in [2.24, 2.45) is 0 Å². The van der Waals surface area contributed by atoms with Crippen molar-refractivity contribution >= 4 is 11.9 Å². The fourth-order valence-corrected chi connectivity index (χ4v) is 12.2. The van der Waals surface area contributed by atoms with Crippen molar-refractivity contribution < 1.29 is 24.5 Å². The number of hydrogen-bond donors (Lipinski definition) is 3. The summed E-state index contributed by atoms with van der Waals surface area (Å²) in [6, 6.07) is -0.625. The predicted octanol–water partition coefficient (Wildman–Crippen LogP) is 24.9.